The van der Waals surface area contributed by atoms with Crippen LogP contribution in [0.3, 0.4) is 0 Å². The van der Waals surface area contributed by atoms with Crippen LogP contribution in [0, 0.1) is 6.92 Å². The summed E-state index contributed by atoms with van der Waals surface area (Å²) in [4.78, 5) is 26.6. The summed E-state index contributed by atoms with van der Waals surface area (Å²) in [6, 6.07) is 0. The Morgan fingerprint density at radius 2 is 1.94 bits per heavy atom. The Morgan fingerprint density at radius 1 is 1.23 bits per heavy atom. The van der Waals surface area contributed by atoms with E-state index in [4.69, 9.17) is 0 Å². The van der Waals surface area contributed by atoms with Gasteiger partial charge in [-0.2, -0.15) is 5.10 Å². The lowest BCUT2D eigenvalue weighted by molar-refractivity contribution is -0.136. The van der Waals surface area contributed by atoms with Crippen LogP contribution in [-0.4, -0.2) is 58.0 Å². The Morgan fingerprint density at radius 3 is 2.57 bits per heavy atom. The van der Waals surface area contributed by atoms with E-state index in [1.165, 1.54) is 7.11 Å². The molecule has 1 amide bonds. The molecule has 35 heavy (non-hydrogen) atoms. The number of nitrogens with zero attached hydrogens (tertiary/aromatic N) is 5. The van der Waals surface area contributed by atoms with Gasteiger partial charge in [-0.3, -0.25) is 9.48 Å². The van der Waals surface area contributed by atoms with Gasteiger partial charge in [-0.05, 0) is 18.9 Å². The molecule has 4 rings (SSSR count). The zero-order valence-corrected chi connectivity index (χ0v) is 20.6. The monoisotopic (exact) mass is 490 g/mol. The molecule has 190 valence electrons. The van der Waals surface area contributed by atoms with E-state index >= 15 is 0 Å². The standard InChI is InChI=1S/C22H24F2N6O3.C2H6.H2/c1-13-17(20(31)26-16-9-14(10-16)21(32)33-3)19(30-7-4-5-22(23,24)6-8-30)28-27-18(13)15-11-25-29(2)12-15;1-2;/h11-12H,4-9H2,1-3H3,(H,26,31);1-2H3;1H. The molecule has 1 saturated heterocycles. The Bertz CT molecular complexity index is 1190. The molecule has 1 N–H and O–H groups in total. The van der Waals surface area contributed by atoms with Crippen LogP contribution in [0.5, 0.6) is 0 Å². The number of esters is 1. The van der Waals surface area contributed by atoms with Crippen molar-refractivity contribution in [2.75, 3.05) is 25.1 Å². The van der Waals surface area contributed by atoms with Crippen molar-refractivity contribution < 1.29 is 24.5 Å². The third-order valence-corrected chi connectivity index (χ3v) is 5.77. The minimum Gasteiger partial charge on any atom is -0.465 e. The van der Waals surface area contributed by atoms with Crippen molar-refractivity contribution in [3.05, 3.63) is 40.5 Å². The Kier molecular flexibility index (Phi) is 8.01. The van der Waals surface area contributed by atoms with Gasteiger partial charge in [-0.1, -0.05) is 19.6 Å². The second-order valence-electron chi connectivity index (χ2n) is 8.18. The third kappa shape index (κ3) is 5.74. The van der Waals surface area contributed by atoms with Crippen LogP contribution in [-0.2, 0) is 16.6 Å². The highest BCUT2D eigenvalue weighted by Crippen LogP contribution is 2.33. The van der Waals surface area contributed by atoms with Crippen LogP contribution in [0.25, 0.3) is 11.3 Å². The van der Waals surface area contributed by atoms with E-state index in [0.717, 1.165) is 0 Å². The number of rotatable bonds is 5. The number of anilines is 1. The summed E-state index contributed by atoms with van der Waals surface area (Å²) in [6.07, 6.45) is 3.33. The largest absolute Gasteiger partial charge is 0.465 e. The molecule has 2 aliphatic rings. The zero-order chi connectivity index (χ0) is 25.8. The first-order valence-electron chi connectivity index (χ1n) is 11.6. The lowest BCUT2D eigenvalue weighted by atomic mass is 10.0. The fraction of sp³-hybridized carbons (Fsp3) is 0.500. The van der Waals surface area contributed by atoms with E-state index in [2.05, 4.69) is 31.1 Å². The van der Waals surface area contributed by atoms with E-state index in [1.54, 1.807) is 35.9 Å². The maximum atomic E-state index is 13.9. The number of alkyl halides is 2. The Labute approximate surface area is 204 Å². The molecule has 0 atom stereocenters. The highest BCUT2D eigenvalue weighted by atomic mass is 19.3. The van der Waals surface area contributed by atoms with Gasteiger partial charge < -0.3 is 15.0 Å². The molecule has 2 aromatic rings. The predicted octanol–water partition coefficient (Wildman–Crippen LogP) is 3.80. The van der Waals surface area contributed by atoms with E-state index in [0.29, 0.717) is 34.6 Å². The molecule has 0 aromatic carbocycles. The van der Waals surface area contributed by atoms with Crippen LogP contribution in [0.15, 0.2) is 29.4 Å². The van der Waals surface area contributed by atoms with Crippen LogP contribution in [0.4, 0.5) is 14.6 Å². The molecule has 1 fully saturated rings. The molecule has 0 bridgehead atoms. The molecule has 9 nitrogen and oxygen atoms in total. The maximum absolute atomic E-state index is 13.9. The van der Waals surface area contributed by atoms with E-state index < -0.39 is 17.8 Å². The molecule has 0 unspecified atom stereocenters. The van der Waals surface area contributed by atoms with Crippen molar-refractivity contribution in [2.45, 2.75) is 52.4 Å². The van der Waals surface area contributed by atoms with Crippen molar-refractivity contribution in [2.24, 2.45) is 7.05 Å². The lowest BCUT2D eigenvalue weighted by Crippen LogP contribution is -2.33. The topological polar surface area (TPSA) is 102 Å². The Balaban J connectivity index is 0.00000148. The predicted molar refractivity (Wildman–Crippen MR) is 128 cm³/mol. The second kappa shape index (κ2) is 10.8. The lowest BCUT2D eigenvalue weighted by Gasteiger charge is -2.25. The van der Waals surface area contributed by atoms with Gasteiger partial charge in [0.1, 0.15) is 0 Å². The second-order valence-corrected chi connectivity index (χ2v) is 8.18. The van der Waals surface area contributed by atoms with Crippen molar-refractivity contribution in [3.8, 4) is 11.3 Å². The molecule has 0 radical (unpaired) electrons. The molecule has 0 spiro atoms. The molecule has 1 aliphatic carbocycles. The Hall–Kier alpha value is -3.59. The number of carbonyl (C=O) groups is 2. The van der Waals surface area contributed by atoms with Crippen LogP contribution < -0.4 is 10.2 Å². The molecule has 3 heterocycles. The van der Waals surface area contributed by atoms with Gasteiger partial charge in [0.15, 0.2) is 5.82 Å². The average molecular weight is 491 g/mol. The summed E-state index contributed by atoms with van der Waals surface area (Å²) in [6.45, 7) is 6.14. The summed E-state index contributed by atoms with van der Waals surface area (Å²) in [5.74, 6) is -3.46. The minimum absolute atomic E-state index is 0. The van der Waals surface area contributed by atoms with Gasteiger partial charge in [-0.25, -0.2) is 13.6 Å². The number of hydrogen-bond acceptors (Lipinski definition) is 7. The number of ether oxygens (including phenoxy) is 1. The number of nitrogens with one attached hydrogen (secondary N) is 1. The first kappa shape index (κ1) is 26.0. The summed E-state index contributed by atoms with van der Waals surface area (Å²) in [5.41, 5.74) is 5.52. The van der Waals surface area contributed by atoms with E-state index in [-0.39, 0.29) is 45.0 Å². The summed E-state index contributed by atoms with van der Waals surface area (Å²) >= 11 is 0. The highest BCUT2D eigenvalue weighted by Gasteiger charge is 2.34. The highest BCUT2D eigenvalue weighted by molar-refractivity contribution is 6.03. The number of aryl methyl sites for hydroxylation is 1. The van der Waals surface area contributed by atoms with Crippen molar-refractivity contribution >= 4 is 17.7 Å². The van der Waals surface area contributed by atoms with E-state index in [1.807, 2.05) is 13.8 Å². The fourth-order valence-corrected chi connectivity index (χ4v) is 3.96. The van der Waals surface area contributed by atoms with Crippen LogP contribution in [0.1, 0.15) is 56.9 Å². The normalized spacial score (nSPS) is 16.6. The minimum atomic E-state index is -2.75. The van der Waals surface area contributed by atoms with Gasteiger partial charge >= 0.3 is 5.97 Å². The third-order valence-electron chi connectivity index (χ3n) is 5.77. The van der Waals surface area contributed by atoms with Crippen LogP contribution in [0.2, 0.25) is 0 Å². The summed E-state index contributed by atoms with van der Waals surface area (Å²) < 4.78 is 34.1. The first-order valence-corrected chi connectivity index (χ1v) is 11.6. The van der Waals surface area contributed by atoms with Gasteiger partial charge in [0.25, 0.3) is 5.91 Å². The number of aromatic nitrogens is 4. The quantitative estimate of drug-likeness (QED) is 0.502. The number of methoxy groups -OCH3 is 1. The van der Waals surface area contributed by atoms with E-state index in [9.17, 15) is 18.4 Å². The number of hydrogen-bond donors (Lipinski definition) is 1. The smallest absolute Gasteiger partial charge is 0.342 e. The van der Waals surface area contributed by atoms with Gasteiger partial charge in [0, 0.05) is 52.6 Å². The van der Waals surface area contributed by atoms with Gasteiger partial charge in [0.2, 0.25) is 5.92 Å². The molecular weight excluding hydrogens is 458 g/mol. The molecule has 1 aliphatic heterocycles. The molecule has 0 saturated carbocycles. The zero-order valence-electron chi connectivity index (χ0n) is 20.6. The molecule has 2 aromatic heterocycles. The van der Waals surface area contributed by atoms with Crippen molar-refractivity contribution in [1.82, 2.24) is 25.3 Å². The summed E-state index contributed by atoms with van der Waals surface area (Å²) in [5, 5.41) is 15.5. The first-order chi connectivity index (χ1) is 16.7. The van der Waals surface area contributed by atoms with Gasteiger partial charge in [0.05, 0.1) is 35.8 Å². The van der Waals surface area contributed by atoms with Gasteiger partial charge in [-0.15, -0.1) is 10.2 Å². The van der Waals surface area contributed by atoms with Crippen molar-refractivity contribution in [3.63, 3.8) is 0 Å². The number of amides is 1. The number of halogens is 2. The fourth-order valence-electron chi connectivity index (χ4n) is 3.96. The molecular formula is C24H32F2N6O3. The maximum Gasteiger partial charge on any atom is 0.342 e. The summed E-state index contributed by atoms with van der Waals surface area (Å²) in [7, 11) is 3.04. The number of carbonyl (C=O) groups excluding carboxylic acids is 2. The molecule has 11 heteroatoms. The average Bonchev–Trinajstić information content (AvgIpc) is 3.15. The van der Waals surface area contributed by atoms with Crippen molar-refractivity contribution in [1.29, 1.82) is 0 Å². The van der Waals surface area contributed by atoms with Crippen LogP contribution >= 0.6 is 0 Å². The SMILES string of the molecule is CC.COC(=O)C1=C=C(NC(=O)c2c(N3CCCC(F)(F)CC3)nnc(-c3cnn(C)c3)c2C)C1.[HH].